The minimum Gasteiger partial charge on any atom is -0.480 e. The largest absolute Gasteiger partial charge is 0.480 e. The van der Waals surface area contributed by atoms with Crippen LogP contribution in [0.15, 0.2) is 0 Å². The molecular formula is C18H33N7O7. The van der Waals surface area contributed by atoms with Crippen LogP contribution in [0.3, 0.4) is 0 Å². The van der Waals surface area contributed by atoms with Crippen molar-refractivity contribution in [3.63, 3.8) is 0 Å². The van der Waals surface area contributed by atoms with Crippen LogP contribution in [0.5, 0.6) is 0 Å². The number of rotatable bonds is 17. The Labute approximate surface area is 185 Å². The molecule has 0 heterocycles. The highest BCUT2D eigenvalue weighted by Crippen LogP contribution is 2.03. The van der Waals surface area contributed by atoms with E-state index < -0.39 is 60.2 Å². The first-order valence-electron chi connectivity index (χ1n) is 10.1. The highest BCUT2D eigenvalue weighted by atomic mass is 16.4. The summed E-state index contributed by atoms with van der Waals surface area (Å²) < 4.78 is 0. The fourth-order valence-electron chi connectivity index (χ4n) is 2.55. The Morgan fingerprint density at radius 1 is 0.781 bits per heavy atom. The second kappa shape index (κ2) is 15.5. The maximum absolute atomic E-state index is 12.5. The van der Waals surface area contributed by atoms with Gasteiger partial charge in [-0.1, -0.05) is 0 Å². The number of carbonyl (C=O) groups is 6. The second-order valence-electron chi connectivity index (χ2n) is 7.14. The van der Waals surface area contributed by atoms with Gasteiger partial charge in [0, 0.05) is 12.8 Å². The number of carboxylic acids is 1. The van der Waals surface area contributed by atoms with Crippen molar-refractivity contribution in [3.8, 4) is 0 Å². The second-order valence-corrected chi connectivity index (χ2v) is 7.14. The molecule has 0 spiro atoms. The molecule has 0 fully saturated rings. The van der Waals surface area contributed by atoms with Crippen molar-refractivity contribution in [2.24, 2.45) is 22.9 Å². The zero-order chi connectivity index (χ0) is 24.7. The fourth-order valence-corrected chi connectivity index (χ4v) is 2.55. The van der Waals surface area contributed by atoms with Crippen molar-refractivity contribution in [2.75, 3.05) is 13.1 Å². The van der Waals surface area contributed by atoms with E-state index in [-0.39, 0.29) is 32.1 Å². The lowest BCUT2D eigenvalue weighted by Crippen LogP contribution is -2.53. The van der Waals surface area contributed by atoms with Gasteiger partial charge in [-0.2, -0.15) is 0 Å². The van der Waals surface area contributed by atoms with Crippen LogP contribution < -0.4 is 38.9 Å². The summed E-state index contributed by atoms with van der Waals surface area (Å²) in [4.78, 5) is 69.5. The Morgan fingerprint density at radius 2 is 1.38 bits per heavy atom. The molecule has 0 radical (unpaired) electrons. The van der Waals surface area contributed by atoms with Gasteiger partial charge < -0.3 is 44.0 Å². The molecule has 0 bridgehead atoms. The number of amides is 5. The van der Waals surface area contributed by atoms with Crippen molar-refractivity contribution >= 4 is 35.5 Å². The van der Waals surface area contributed by atoms with Gasteiger partial charge in [-0.15, -0.1) is 0 Å². The molecule has 5 amide bonds. The molecular weight excluding hydrogens is 426 g/mol. The highest BCUT2D eigenvalue weighted by molar-refractivity contribution is 5.92. The number of unbranched alkanes of at least 4 members (excludes halogenated alkanes) is 1. The Balaban J connectivity index is 4.85. The summed E-state index contributed by atoms with van der Waals surface area (Å²) in [6, 6.07) is -3.43. The molecule has 182 valence electrons. The molecule has 0 aromatic rings. The van der Waals surface area contributed by atoms with Crippen LogP contribution in [0, 0.1) is 0 Å². The van der Waals surface area contributed by atoms with E-state index in [1.807, 2.05) is 0 Å². The van der Waals surface area contributed by atoms with Gasteiger partial charge in [0.25, 0.3) is 0 Å². The summed E-state index contributed by atoms with van der Waals surface area (Å²) in [7, 11) is 0. The summed E-state index contributed by atoms with van der Waals surface area (Å²) in [5, 5.41) is 16.1. The Kier molecular flexibility index (Phi) is 13.9. The number of carbonyl (C=O) groups excluding carboxylic acids is 5. The van der Waals surface area contributed by atoms with E-state index in [4.69, 9.17) is 28.0 Å². The van der Waals surface area contributed by atoms with E-state index in [1.54, 1.807) is 0 Å². The quantitative estimate of drug-likeness (QED) is 0.0987. The molecule has 3 unspecified atom stereocenters. The van der Waals surface area contributed by atoms with E-state index in [2.05, 4.69) is 16.0 Å². The first-order valence-corrected chi connectivity index (χ1v) is 10.1. The normalized spacial score (nSPS) is 13.3. The minimum absolute atomic E-state index is 0.00257. The average molecular weight is 460 g/mol. The summed E-state index contributed by atoms with van der Waals surface area (Å²) in [5.74, 6) is -4.85. The van der Waals surface area contributed by atoms with Crippen LogP contribution in [-0.4, -0.2) is 71.8 Å². The molecule has 0 aromatic heterocycles. The van der Waals surface area contributed by atoms with Crippen LogP contribution in [0.2, 0.25) is 0 Å². The van der Waals surface area contributed by atoms with Gasteiger partial charge in [0.1, 0.15) is 12.1 Å². The van der Waals surface area contributed by atoms with Gasteiger partial charge in [-0.05, 0) is 38.6 Å². The fraction of sp³-hybridized carbons (Fsp3) is 0.667. The lowest BCUT2D eigenvalue weighted by Gasteiger charge is -2.21. The monoisotopic (exact) mass is 459 g/mol. The molecule has 0 aliphatic heterocycles. The molecule has 0 saturated carbocycles. The van der Waals surface area contributed by atoms with E-state index >= 15 is 0 Å². The Bertz CT molecular complexity index is 687. The van der Waals surface area contributed by atoms with E-state index in [0.717, 1.165) is 0 Å². The molecule has 32 heavy (non-hydrogen) atoms. The molecule has 0 saturated heterocycles. The third kappa shape index (κ3) is 13.1. The van der Waals surface area contributed by atoms with E-state index in [1.165, 1.54) is 0 Å². The molecule has 14 nitrogen and oxygen atoms in total. The van der Waals surface area contributed by atoms with Gasteiger partial charge in [-0.25, -0.2) is 4.79 Å². The molecule has 0 aliphatic carbocycles. The SMILES string of the molecule is NCCCCC(NC(=O)C(N)CCC(N)=O)C(=O)NCC(=O)NC(CCC(N)=O)C(=O)O. The lowest BCUT2D eigenvalue weighted by molar-refractivity contribution is -0.142. The molecule has 14 heteroatoms. The molecule has 3 atom stereocenters. The molecule has 0 rings (SSSR count). The average Bonchev–Trinajstić information content (AvgIpc) is 2.71. The predicted octanol–water partition coefficient (Wildman–Crippen LogP) is -3.86. The van der Waals surface area contributed by atoms with E-state index in [0.29, 0.717) is 19.4 Å². The number of hydrogen-bond donors (Lipinski definition) is 8. The standard InChI is InChI=1S/C18H33N7O7/c19-8-2-1-3-11(25-16(29)10(20)4-6-13(21)26)17(30)23-9-15(28)24-12(18(31)32)5-7-14(22)27/h10-12H,1-9,19-20H2,(H2,21,26)(H2,22,27)(H,23,30)(H,24,28)(H,25,29)(H,31,32). The van der Waals surface area contributed by atoms with Crippen molar-refractivity contribution in [2.45, 2.75) is 63.1 Å². The highest BCUT2D eigenvalue weighted by Gasteiger charge is 2.25. The topological polar surface area (TPSA) is 263 Å². The maximum atomic E-state index is 12.5. The van der Waals surface area contributed by atoms with Crippen molar-refractivity contribution in [1.82, 2.24) is 16.0 Å². The van der Waals surface area contributed by atoms with Crippen LogP contribution >= 0.6 is 0 Å². The number of carboxylic acid groups (broad SMARTS) is 1. The van der Waals surface area contributed by atoms with Gasteiger partial charge in [-0.3, -0.25) is 24.0 Å². The molecule has 0 aliphatic rings. The first kappa shape index (κ1) is 28.7. The smallest absolute Gasteiger partial charge is 0.326 e. The summed E-state index contributed by atoms with van der Waals surface area (Å²) in [6.45, 7) is -0.180. The number of nitrogens with one attached hydrogen (secondary N) is 3. The number of aliphatic carboxylic acids is 1. The number of primary amides is 2. The minimum atomic E-state index is -1.36. The van der Waals surface area contributed by atoms with Gasteiger partial charge >= 0.3 is 5.97 Å². The zero-order valence-corrected chi connectivity index (χ0v) is 17.8. The van der Waals surface area contributed by atoms with Crippen molar-refractivity contribution in [3.05, 3.63) is 0 Å². The first-order chi connectivity index (χ1) is 15.0. The summed E-state index contributed by atoms with van der Waals surface area (Å²) >= 11 is 0. The summed E-state index contributed by atoms with van der Waals surface area (Å²) in [5.41, 5.74) is 21.1. The third-order valence-corrected chi connectivity index (χ3v) is 4.35. The number of nitrogens with two attached hydrogens (primary N) is 4. The molecule has 0 aromatic carbocycles. The Hall–Kier alpha value is -3.26. The number of hydrogen-bond acceptors (Lipinski definition) is 8. The van der Waals surface area contributed by atoms with Crippen LogP contribution in [0.1, 0.15) is 44.9 Å². The van der Waals surface area contributed by atoms with Crippen molar-refractivity contribution < 1.29 is 33.9 Å². The predicted molar refractivity (Wildman–Crippen MR) is 112 cm³/mol. The van der Waals surface area contributed by atoms with Gasteiger partial charge in [0.05, 0.1) is 12.6 Å². The maximum Gasteiger partial charge on any atom is 0.326 e. The van der Waals surface area contributed by atoms with Crippen molar-refractivity contribution in [1.29, 1.82) is 0 Å². The lowest BCUT2D eigenvalue weighted by atomic mass is 10.1. The van der Waals surface area contributed by atoms with Crippen LogP contribution in [0.25, 0.3) is 0 Å². The molecule has 12 N–H and O–H groups in total. The van der Waals surface area contributed by atoms with Gasteiger partial charge in [0.2, 0.25) is 29.5 Å². The van der Waals surface area contributed by atoms with Crippen LogP contribution in [-0.2, 0) is 28.8 Å². The summed E-state index contributed by atoms with van der Waals surface area (Å²) in [6.07, 6.45) is 0.775. The van der Waals surface area contributed by atoms with Gasteiger partial charge in [0.15, 0.2) is 0 Å². The third-order valence-electron chi connectivity index (χ3n) is 4.35. The Morgan fingerprint density at radius 3 is 1.91 bits per heavy atom. The van der Waals surface area contributed by atoms with E-state index in [9.17, 15) is 28.8 Å². The zero-order valence-electron chi connectivity index (χ0n) is 17.8. The van der Waals surface area contributed by atoms with Crippen LogP contribution in [0.4, 0.5) is 0 Å².